The summed E-state index contributed by atoms with van der Waals surface area (Å²) >= 11 is 0. The molecular weight excluding hydrogens is 478 g/mol. The first-order chi connectivity index (χ1) is 15.3. The Morgan fingerprint density at radius 1 is 0.939 bits per heavy atom. The summed E-state index contributed by atoms with van der Waals surface area (Å²) in [6.07, 6.45) is -9.04. The summed E-state index contributed by atoms with van der Waals surface area (Å²) < 4.78 is 106. The molecule has 2 aromatic carbocycles. The number of nitrogens with zero attached hydrogens (tertiary/aromatic N) is 2. The Morgan fingerprint density at radius 2 is 1.61 bits per heavy atom. The van der Waals surface area contributed by atoms with Gasteiger partial charge in [0.2, 0.25) is 10.0 Å². The van der Waals surface area contributed by atoms with Crippen molar-refractivity contribution in [3.63, 3.8) is 0 Å². The fraction of sp³-hybridized carbons (Fsp3) is 0.350. The average Bonchev–Trinajstić information content (AvgIpc) is 2.73. The van der Waals surface area contributed by atoms with Gasteiger partial charge in [0, 0.05) is 32.0 Å². The van der Waals surface area contributed by atoms with Crippen molar-refractivity contribution in [2.75, 3.05) is 13.1 Å². The highest BCUT2D eigenvalue weighted by molar-refractivity contribution is 7.89. The van der Waals surface area contributed by atoms with Crippen molar-refractivity contribution in [3.05, 3.63) is 59.7 Å². The molecule has 3 rings (SSSR count). The van der Waals surface area contributed by atoms with Crippen LogP contribution in [-0.4, -0.2) is 37.9 Å². The number of oxime groups is 1. The molecule has 1 fully saturated rings. The summed E-state index contributed by atoms with van der Waals surface area (Å²) in [4.78, 5) is 4.78. The molecule has 0 aromatic heterocycles. The van der Waals surface area contributed by atoms with Crippen LogP contribution in [-0.2, 0) is 27.6 Å². The van der Waals surface area contributed by atoms with Gasteiger partial charge in [-0.3, -0.25) is 0 Å². The van der Waals surface area contributed by atoms with E-state index in [1.165, 1.54) is 18.2 Å². The zero-order chi connectivity index (χ0) is 24.3. The van der Waals surface area contributed by atoms with E-state index in [-0.39, 0.29) is 43.0 Å². The number of halogens is 6. The van der Waals surface area contributed by atoms with E-state index < -0.39 is 33.9 Å². The van der Waals surface area contributed by atoms with Crippen molar-refractivity contribution < 1.29 is 44.3 Å². The van der Waals surface area contributed by atoms with E-state index in [0.717, 1.165) is 34.6 Å². The van der Waals surface area contributed by atoms with E-state index in [4.69, 9.17) is 4.84 Å². The Balaban J connectivity index is 1.58. The molecule has 1 saturated heterocycles. The van der Waals surface area contributed by atoms with Crippen molar-refractivity contribution >= 4 is 15.7 Å². The van der Waals surface area contributed by atoms with Crippen molar-refractivity contribution in [2.24, 2.45) is 5.16 Å². The SMILES string of the molecule is O=S(=O)(c1cccc(OC(F)(F)F)c1)N1CCC(=NOCc2cccc(C(F)(F)F)c2)CC1. The number of sulfonamides is 1. The smallest absolute Gasteiger partial charge is 0.406 e. The monoisotopic (exact) mass is 496 g/mol. The zero-order valence-corrected chi connectivity index (χ0v) is 17.7. The third-order valence-electron chi connectivity index (χ3n) is 4.66. The molecule has 2 aromatic rings. The molecule has 0 atom stereocenters. The highest BCUT2D eigenvalue weighted by Gasteiger charge is 2.33. The Labute approximate surface area is 185 Å². The fourth-order valence-electron chi connectivity index (χ4n) is 3.09. The van der Waals surface area contributed by atoms with Gasteiger partial charge in [0.25, 0.3) is 0 Å². The van der Waals surface area contributed by atoms with Gasteiger partial charge in [-0.15, -0.1) is 13.2 Å². The number of rotatable bonds is 6. The molecule has 1 aliphatic rings. The molecule has 180 valence electrons. The standard InChI is InChI=1S/C20H18F6N2O4S/c21-19(22,23)15-4-1-3-14(11-15)13-31-27-16-7-9-28(10-8-16)33(29,30)18-6-2-5-17(12-18)32-20(24,25)26/h1-6,11-12H,7-10,13H2. The van der Waals surface area contributed by atoms with Gasteiger partial charge in [0.15, 0.2) is 0 Å². The predicted octanol–water partition coefficient (Wildman–Crippen LogP) is 4.96. The highest BCUT2D eigenvalue weighted by Crippen LogP contribution is 2.30. The van der Waals surface area contributed by atoms with Crippen LogP contribution in [0, 0.1) is 0 Å². The van der Waals surface area contributed by atoms with Gasteiger partial charge in [-0.1, -0.05) is 23.4 Å². The van der Waals surface area contributed by atoms with Crippen LogP contribution >= 0.6 is 0 Å². The normalized spacial score (nSPS) is 15.9. The third-order valence-corrected chi connectivity index (χ3v) is 6.55. The van der Waals surface area contributed by atoms with E-state index in [1.54, 1.807) is 0 Å². The quantitative estimate of drug-likeness (QED) is 0.419. The van der Waals surface area contributed by atoms with Crippen LogP contribution in [0.3, 0.4) is 0 Å². The van der Waals surface area contributed by atoms with Crippen LogP contribution in [0.15, 0.2) is 58.6 Å². The van der Waals surface area contributed by atoms with Gasteiger partial charge in [-0.2, -0.15) is 17.5 Å². The molecule has 0 bridgehead atoms. The summed E-state index contributed by atoms with van der Waals surface area (Å²) in [5.41, 5.74) is -0.0165. The Hall–Kier alpha value is -2.80. The maximum atomic E-state index is 12.8. The van der Waals surface area contributed by atoms with Crippen LogP contribution in [0.2, 0.25) is 0 Å². The number of hydrogen-bond acceptors (Lipinski definition) is 5. The van der Waals surface area contributed by atoms with Crippen LogP contribution in [0.4, 0.5) is 26.3 Å². The number of ether oxygens (including phenoxy) is 1. The molecular formula is C20H18F6N2O4S. The van der Waals surface area contributed by atoms with Gasteiger partial charge in [-0.05, 0) is 29.8 Å². The lowest BCUT2D eigenvalue weighted by Gasteiger charge is -2.26. The summed E-state index contributed by atoms with van der Waals surface area (Å²) in [5.74, 6) is -0.647. The van der Waals surface area contributed by atoms with Crippen molar-refractivity contribution in [1.29, 1.82) is 0 Å². The molecule has 6 nitrogen and oxygen atoms in total. The minimum Gasteiger partial charge on any atom is -0.406 e. The molecule has 33 heavy (non-hydrogen) atoms. The molecule has 1 aliphatic heterocycles. The molecule has 0 amide bonds. The van der Waals surface area contributed by atoms with Gasteiger partial charge in [-0.25, -0.2) is 8.42 Å². The van der Waals surface area contributed by atoms with Gasteiger partial charge < -0.3 is 9.57 Å². The minimum atomic E-state index is -4.95. The predicted molar refractivity (Wildman–Crippen MR) is 105 cm³/mol. The van der Waals surface area contributed by atoms with Crippen LogP contribution < -0.4 is 4.74 Å². The largest absolute Gasteiger partial charge is 0.573 e. The third kappa shape index (κ3) is 6.84. The Bertz CT molecular complexity index is 1110. The van der Waals surface area contributed by atoms with E-state index in [0.29, 0.717) is 5.71 Å². The van der Waals surface area contributed by atoms with Gasteiger partial charge >= 0.3 is 12.5 Å². The average molecular weight is 496 g/mol. The molecule has 13 heteroatoms. The first-order valence-electron chi connectivity index (χ1n) is 9.54. The molecule has 0 unspecified atom stereocenters. The van der Waals surface area contributed by atoms with Gasteiger partial charge in [0.05, 0.1) is 16.2 Å². The molecule has 0 aliphatic carbocycles. The lowest BCUT2D eigenvalue weighted by atomic mass is 10.1. The van der Waals surface area contributed by atoms with Crippen LogP contribution in [0.1, 0.15) is 24.0 Å². The highest BCUT2D eigenvalue weighted by atomic mass is 32.2. The van der Waals surface area contributed by atoms with E-state index in [1.807, 2.05) is 0 Å². The number of piperidine rings is 1. The first-order valence-corrected chi connectivity index (χ1v) is 11.0. The summed E-state index contributed by atoms with van der Waals surface area (Å²) in [6, 6.07) is 8.71. The Morgan fingerprint density at radius 3 is 2.24 bits per heavy atom. The van der Waals surface area contributed by atoms with Crippen molar-refractivity contribution in [2.45, 2.75) is 36.9 Å². The molecule has 1 heterocycles. The van der Waals surface area contributed by atoms with E-state index in [2.05, 4.69) is 9.89 Å². The fourth-order valence-corrected chi connectivity index (χ4v) is 4.57. The second kappa shape index (κ2) is 9.59. The van der Waals surface area contributed by atoms with Crippen LogP contribution in [0.5, 0.6) is 5.75 Å². The summed E-state index contributed by atoms with van der Waals surface area (Å²) in [6.45, 7) is -0.168. The minimum absolute atomic E-state index is 0.0123. The number of benzene rings is 2. The second-order valence-electron chi connectivity index (χ2n) is 7.06. The topological polar surface area (TPSA) is 68.2 Å². The van der Waals surface area contributed by atoms with Crippen molar-refractivity contribution in [1.82, 2.24) is 4.31 Å². The molecule has 0 radical (unpaired) electrons. The van der Waals surface area contributed by atoms with Gasteiger partial charge in [0.1, 0.15) is 12.4 Å². The number of alkyl halides is 6. The maximum Gasteiger partial charge on any atom is 0.573 e. The van der Waals surface area contributed by atoms with Crippen LogP contribution in [0.25, 0.3) is 0 Å². The lowest BCUT2D eigenvalue weighted by Crippen LogP contribution is -2.38. The molecule has 0 spiro atoms. The number of hydrogen-bond donors (Lipinski definition) is 0. The lowest BCUT2D eigenvalue weighted by molar-refractivity contribution is -0.274. The maximum absolute atomic E-state index is 12.8. The van der Waals surface area contributed by atoms with E-state index >= 15 is 0 Å². The molecule has 0 N–H and O–H groups in total. The summed E-state index contributed by atoms with van der Waals surface area (Å²) in [5, 5.41) is 3.88. The zero-order valence-electron chi connectivity index (χ0n) is 16.9. The second-order valence-corrected chi connectivity index (χ2v) is 8.99. The van der Waals surface area contributed by atoms with E-state index in [9.17, 15) is 34.8 Å². The van der Waals surface area contributed by atoms with Crippen molar-refractivity contribution in [3.8, 4) is 5.75 Å². The molecule has 0 saturated carbocycles. The first kappa shape index (κ1) is 24.8. The summed E-state index contributed by atoms with van der Waals surface area (Å²) in [7, 11) is -4.06. The Kier molecular flexibility index (Phi) is 7.22.